The normalized spacial score (nSPS) is 15.1. The fraction of sp³-hybridized carbons (Fsp3) is 0.333. The Morgan fingerprint density at radius 2 is 2.00 bits per heavy atom. The van der Waals surface area contributed by atoms with E-state index in [2.05, 4.69) is 0 Å². The first-order valence-corrected chi connectivity index (χ1v) is 6.38. The average Bonchev–Trinajstić information content (AvgIpc) is 2.08. The highest BCUT2D eigenvalue weighted by molar-refractivity contribution is 7.51. The van der Waals surface area contributed by atoms with Gasteiger partial charge in [0, 0.05) is 5.02 Å². The SMILES string of the molecule is CCOP(=O)(O)Cc1ccc(Cl)cc1. The maximum Gasteiger partial charge on any atom is 0.332 e. The van der Waals surface area contributed by atoms with Gasteiger partial charge in [-0.2, -0.15) is 0 Å². The number of hydrogen-bond acceptors (Lipinski definition) is 2. The van der Waals surface area contributed by atoms with Crippen molar-refractivity contribution in [1.29, 1.82) is 0 Å². The highest BCUT2D eigenvalue weighted by Gasteiger charge is 2.18. The molecule has 0 saturated carbocycles. The highest BCUT2D eigenvalue weighted by Crippen LogP contribution is 2.45. The van der Waals surface area contributed by atoms with Crippen molar-refractivity contribution in [3.63, 3.8) is 0 Å². The van der Waals surface area contributed by atoms with E-state index in [1.54, 1.807) is 31.2 Å². The smallest absolute Gasteiger partial charge is 0.324 e. The molecule has 0 aliphatic rings. The van der Waals surface area contributed by atoms with Crippen LogP contribution in [-0.2, 0) is 15.3 Å². The van der Waals surface area contributed by atoms with Crippen LogP contribution in [0.3, 0.4) is 0 Å². The molecule has 0 heterocycles. The highest BCUT2D eigenvalue weighted by atomic mass is 35.5. The third-order valence-corrected chi connectivity index (χ3v) is 3.30. The predicted octanol–water partition coefficient (Wildman–Crippen LogP) is 3.06. The van der Waals surface area contributed by atoms with E-state index in [1.165, 1.54) is 0 Å². The fourth-order valence-electron chi connectivity index (χ4n) is 1.07. The second kappa shape index (κ2) is 4.94. The molecule has 0 aliphatic carbocycles. The average molecular weight is 235 g/mol. The Bertz CT molecular complexity index is 336. The summed E-state index contributed by atoms with van der Waals surface area (Å²) in [5.74, 6) is 0. The molecule has 5 heteroatoms. The molecular formula is C9H12ClO3P. The van der Waals surface area contributed by atoms with Crippen LogP contribution >= 0.6 is 19.2 Å². The van der Waals surface area contributed by atoms with Crippen molar-refractivity contribution in [2.75, 3.05) is 6.61 Å². The van der Waals surface area contributed by atoms with E-state index in [4.69, 9.17) is 16.1 Å². The third kappa shape index (κ3) is 3.81. The van der Waals surface area contributed by atoms with Crippen molar-refractivity contribution < 1.29 is 14.0 Å². The summed E-state index contributed by atoms with van der Waals surface area (Å²) in [6.07, 6.45) is 0.0258. The molecule has 1 N–H and O–H groups in total. The lowest BCUT2D eigenvalue weighted by Crippen LogP contribution is -1.92. The Labute approximate surface area is 88.2 Å². The van der Waals surface area contributed by atoms with Gasteiger partial charge in [0.25, 0.3) is 0 Å². The molecule has 78 valence electrons. The molecular weight excluding hydrogens is 223 g/mol. The molecule has 1 rings (SSSR count). The lowest BCUT2D eigenvalue weighted by atomic mass is 10.2. The molecule has 1 atom stereocenters. The number of benzene rings is 1. The standard InChI is InChI=1S/C9H12ClO3P/c1-2-13-14(11,12)7-8-3-5-9(10)6-4-8/h3-6H,2,7H2,1H3,(H,11,12). The summed E-state index contributed by atoms with van der Waals surface area (Å²) in [4.78, 5) is 9.34. The van der Waals surface area contributed by atoms with Gasteiger partial charge in [0.15, 0.2) is 0 Å². The molecule has 0 fully saturated rings. The molecule has 0 aliphatic heterocycles. The van der Waals surface area contributed by atoms with Crippen molar-refractivity contribution in [3.05, 3.63) is 34.9 Å². The van der Waals surface area contributed by atoms with E-state index >= 15 is 0 Å². The van der Waals surface area contributed by atoms with Crippen LogP contribution in [0.25, 0.3) is 0 Å². The molecule has 0 aromatic heterocycles. The van der Waals surface area contributed by atoms with Crippen LogP contribution in [0.1, 0.15) is 12.5 Å². The van der Waals surface area contributed by atoms with Crippen molar-refractivity contribution in [1.82, 2.24) is 0 Å². The van der Waals surface area contributed by atoms with Gasteiger partial charge in [0.2, 0.25) is 0 Å². The summed E-state index contributed by atoms with van der Waals surface area (Å²) >= 11 is 5.68. The first kappa shape index (κ1) is 11.7. The molecule has 0 radical (unpaired) electrons. The summed E-state index contributed by atoms with van der Waals surface area (Å²) in [6.45, 7) is 1.92. The Hall–Kier alpha value is -0.340. The zero-order valence-electron chi connectivity index (χ0n) is 7.81. The van der Waals surface area contributed by atoms with Gasteiger partial charge < -0.3 is 9.42 Å². The topological polar surface area (TPSA) is 46.5 Å². The molecule has 1 aromatic carbocycles. The summed E-state index contributed by atoms with van der Waals surface area (Å²) in [5.41, 5.74) is 0.744. The Morgan fingerprint density at radius 1 is 1.43 bits per heavy atom. The Balaban J connectivity index is 2.69. The number of halogens is 1. The largest absolute Gasteiger partial charge is 0.332 e. The zero-order chi connectivity index (χ0) is 10.6. The fourth-order valence-corrected chi connectivity index (χ4v) is 2.36. The van der Waals surface area contributed by atoms with Crippen molar-refractivity contribution in [2.45, 2.75) is 13.1 Å². The number of hydrogen-bond donors (Lipinski definition) is 1. The van der Waals surface area contributed by atoms with Gasteiger partial charge in [-0.1, -0.05) is 23.7 Å². The van der Waals surface area contributed by atoms with E-state index in [9.17, 15) is 9.46 Å². The second-order valence-corrected chi connectivity index (χ2v) is 5.13. The molecule has 3 nitrogen and oxygen atoms in total. The van der Waals surface area contributed by atoms with Gasteiger partial charge in [-0.15, -0.1) is 0 Å². The summed E-state index contributed by atoms with van der Waals surface area (Å²) in [5, 5.41) is 0.609. The third-order valence-electron chi connectivity index (χ3n) is 1.63. The predicted molar refractivity (Wildman–Crippen MR) is 56.6 cm³/mol. The summed E-state index contributed by atoms with van der Waals surface area (Å²) < 4.78 is 16.1. The quantitative estimate of drug-likeness (QED) is 0.815. The minimum Gasteiger partial charge on any atom is -0.324 e. The number of rotatable bonds is 4. The van der Waals surface area contributed by atoms with E-state index in [-0.39, 0.29) is 12.8 Å². The van der Waals surface area contributed by atoms with Gasteiger partial charge in [0.1, 0.15) is 0 Å². The first-order chi connectivity index (χ1) is 6.53. The van der Waals surface area contributed by atoms with Crippen LogP contribution in [0.15, 0.2) is 24.3 Å². The Kier molecular flexibility index (Phi) is 4.14. The van der Waals surface area contributed by atoms with Crippen LogP contribution in [-0.4, -0.2) is 11.5 Å². The maximum absolute atomic E-state index is 11.4. The lowest BCUT2D eigenvalue weighted by Gasteiger charge is -2.10. The maximum atomic E-state index is 11.4. The zero-order valence-corrected chi connectivity index (χ0v) is 9.46. The van der Waals surface area contributed by atoms with Crippen molar-refractivity contribution in [3.8, 4) is 0 Å². The molecule has 1 aromatic rings. The van der Waals surface area contributed by atoms with Crippen LogP contribution in [0, 0.1) is 0 Å². The van der Waals surface area contributed by atoms with Gasteiger partial charge in [-0.25, -0.2) is 0 Å². The monoisotopic (exact) mass is 234 g/mol. The molecule has 0 bridgehead atoms. The molecule has 0 spiro atoms. The van der Waals surface area contributed by atoms with Crippen molar-refractivity contribution >= 4 is 19.2 Å². The van der Waals surface area contributed by atoms with Gasteiger partial charge in [-0.3, -0.25) is 4.57 Å². The second-order valence-electron chi connectivity index (χ2n) is 2.84. The van der Waals surface area contributed by atoms with E-state index in [0.717, 1.165) is 5.56 Å². The molecule has 0 saturated heterocycles. The van der Waals surface area contributed by atoms with Crippen LogP contribution in [0.4, 0.5) is 0 Å². The van der Waals surface area contributed by atoms with Crippen LogP contribution in [0.5, 0.6) is 0 Å². The lowest BCUT2D eigenvalue weighted by molar-refractivity contribution is 0.272. The molecule has 1 unspecified atom stereocenters. The minimum atomic E-state index is -3.47. The Morgan fingerprint density at radius 3 is 2.50 bits per heavy atom. The van der Waals surface area contributed by atoms with Gasteiger partial charge >= 0.3 is 7.60 Å². The van der Waals surface area contributed by atoms with E-state index in [1.807, 2.05) is 0 Å². The minimum absolute atomic E-state index is 0.0258. The van der Waals surface area contributed by atoms with Crippen molar-refractivity contribution in [2.24, 2.45) is 0 Å². The molecule has 14 heavy (non-hydrogen) atoms. The van der Waals surface area contributed by atoms with Gasteiger partial charge in [0.05, 0.1) is 12.8 Å². The van der Waals surface area contributed by atoms with E-state index in [0.29, 0.717) is 5.02 Å². The molecule has 0 amide bonds. The van der Waals surface area contributed by atoms with Crippen LogP contribution < -0.4 is 0 Å². The summed E-state index contributed by atoms with van der Waals surface area (Å²) in [6, 6.07) is 6.79. The first-order valence-electron chi connectivity index (χ1n) is 4.24. The summed E-state index contributed by atoms with van der Waals surface area (Å²) in [7, 11) is -3.47. The van der Waals surface area contributed by atoms with E-state index < -0.39 is 7.60 Å². The van der Waals surface area contributed by atoms with Crippen LogP contribution in [0.2, 0.25) is 5.02 Å². The van der Waals surface area contributed by atoms with Gasteiger partial charge in [-0.05, 0) is 24.6 Å².